The smallest absolute Gasteiger partial charge is 0.189 e. The second-order valence-electron chi connectivity index (χ2n) is 4.28. The Kier molecular flexibility index (Phi) is 5.00. The van der Waals surface area contributed by atoms with E-state index in [1.54, 1.807) is 0 Å². The van der Waals surface area contributed by atoms with E-state index in [-0.39, 0.29) is 0 Å². The number of hydrogen-bond acceptors (Lipinski definition) is 9. The summed E-state index contributed by atoms with van der Waals surface area (Å²) >= 11 is 0. The Morgan fingerprint density at radius 3 is 2.06 bits per heavy atom. The molecule has 0 saturated carbocycles. The van der Waals surface area contributed by atoms with Gasteiger partial charge in [-0.1, -0.05) is 0 Å². The van der Waals surface area contributed by atoms with E-state index in [0.29, 0.717) is 0 Å². The van der Waals surface area contributed by atoms with Crippen molar-refractivity contribution in [1.82, 2.24) is 0 Å². The van der Waals surface area contributed by atoms with Gasteiger partial charge in [-0.2, -0.15) is 0 Å². The van der Waals surface area contributed by atoms with E-state index in [1.807, 2.05) is 0 Å². The first-order chi connectivity index (χ1) is 8.29. The van der Waals surface area contributed by atoms with Crippen LogP contribution in [0.1, 0.15) is 0 Å². The van der Waals surface area contributed by atoms with Crippen molar-refractivity contribution in [2.75, 3.05) is 13.2 Å². The molecule has 0 radical (unpaired) electrons. The molecule has 9 nitrogen and oxygen atoms in total. The van der Waals surface area contributed by atoms with Crippen molar-refractivity contribution in [1.29, 1.82) is 0 Å². The van der Waals surface area contributed by atoms with Gasteiger partial charge in [-0.3, -0.25) is 0 Å². The van der Waals surface area contributed by atoms with Gasteiger partial charge in [0.15, 0.2) is 11.9 Å². The molecular weight excluding hydrogens is 252 g/mol. The molecule has 1 fully saturated rings. The summed E-state index contributed by atoms with van der Waals surface area (Å²) in [5, 5.41) is 74.3. The zero-order valence-electron chi connectivity index (χ0n) is 9.36. The number of aliphatic hydroxyl groups excluding tert-OH is 7. The molecular formula is C9H18O9. The molecule has 1 aliphatic rings. The molecule has 108 valence electrons. The molecule has 9 heteroatoms. The van der Waals surface area contributed by atoms with E-state index in [9.17, 15) is 25.5 Å². The van der Waals surface area contributed by atoms with Gasteiger partial charge in [0, 0.05) is 0 Å². The highest BCUT2D eigenvalue weighted by atomic mass is 16.7. The molecule has 0 spiro atoms. The summed E-state index contributed by atoms with van der Waals surface area (Å²) in [6, 6.07) is 0. The monoisotopic (exact) mass is 270 g/mol. The third-order valence-electron chi connectivity index (χ3n) is 3.06. The first-order valence-corrected chi connectivity index (χ1v) is 5.29. The van der Waals surface area contributed by atoms with E-state index < -0.39 is 55.6 Å². The van der Waals surface area contributed by atoms with Gasteiger partial charge in [0.25, 0.3) is 0 Å². The molecule has 0 aromatic heterocycles. The normalized spacial score (nSPS) is 41.7. The van der Waals surface area contributed by atoms with Crippen LogP contribution < -0.4 is 0 Å². The summed E-state index contributed by atoms with van der Waals surface area (Å²) in [5.41, 5.74) is -2.39. The van der Waals surface area contributed by atoms with Crippen molar-refractivity contribution in [3.8, 4) is 0 Å². The van der Waals surface area contributed by atoms with Crippen LogP contribution in [0.3, 0.4) is 0 Å². The van der Waals surface area contributed by atoms with Gasteiger partial charge in [0.05, 0.1) is 13.2 Å². The Hall–Kier alpha value is -0.360. The maximum absolute atomic E-state index is 9.65. The fraction of sp³-hybridized carbons (Fsp3) is 1.00. The maximum atomic E-state index is 9.65. The van der Waals surface area contributed by atoms with Crippen molar-refractivity contribution in [2.45, 2.75) is 42.4 Å². The van der Waals surface area contributed by atoms with Crippen LogP contribution in [-0.4, -0.2) is 96.5 Å². The molecule has 18 heavy (non-hydrogen) atoms. The zero-order chi connectivity index (χ0) is 14.1. The average Bonchev–Trinajstić information content (AvgIpc) is 2.61. The van der Waals surface area contributed by atoms with E-state index in [1.165, 1.54) is 0 Å². The lowest BCUT2D eigenvalue weighted by Crippen LogP contribution is -2.55. The first-order valence-electron chi connectivity index (χ1n) is 5.29. The largest absolute Gasteiger partial charge is 0.394 e. The summed E-state index contributed by atoms with van der Waals surface area (Å²) in [5.74, 6) is 0. The van der Waals surface area contributed by atoms with Crippen molar-refractivity contribution in [3.05, 3.63) is 0 Å². The highest BCUT2D eigenvalue weighted by Crippen LogP contribution is 2.32. The molecule has 0 aliphatic carbocycles. The van der Waals surface area contributed by atoms with Crippen LogP contribution in [0.15, 0.2) is 0 Å². The van der Waals surface area contributed by atoms with Gasteiger partial charge in [-0.15, -0.1) is 0 Å². The second kappa shape index (κ2) is 5.74. The lowest BCUT2D eigenvalue weighted by Gasteiger charge is -2.29. The van der Waals surface area contributed by atoms with Crippen molar-refractivity contribution in [2.24, 2.45) is 0 Å². The lowest BCUT2D eigenvalue weighted by atomic mass is 9.91. The van der Waals surface area contributed by atoms with Gasteiger partial charge in [-0.25, -0.2) is 0 Å². The molecule has 0 aromatic rings. The summed E-state index contributed by atoms with van der Waals surface area (Å²) < 4.78 is 4.65. The van der Waals surface area contributed by atoms with Crippen LogP contribution in [-0.2, 0) is 4.74 Å². The number of rotatable bonds is 5. The highest BCUT2D eigenvalue weighted by molar-refractivity contribution is 5.03. The molecule has 0 aromatic carbocycles. The predicted molar refractivity (Wildman–Crippen MR) is 54.0 cm³/mol. The third-order valence-corrected chi connectivity index (χ3v) is 3.06. The Morgan fingerprint density at radius 1 is 1.11 bits per heavy atom. The lowest BCUT2D eigenvalue weighted by molar-refractivity contribution is -0.199. The summed E-state index contributed by atoms with van der Waals surface area (Å²) in [7, 11) is 0. The number of ether oxygens (including phenoxy) is 1. The first kappa shape index (κ1) is 15.7. The van der Waals surface area contributed by atoms with Crippen molar-refractivity contribution in [3.63, 3.8) is 0 Å². The SMILES string of the molecule is OC[C@@H](O)[C@@H](O)[C@@H](O)[C@@H]1OC(O)[C@@](O)(CO)[C@@H]1O. The maximum Gasteiger partial charge on any atom is 0.189 e. The Balaban J connectivity index is 2.80. The van der Waals surface area contributed by atoms with Gasteiger partial charge in [0.2, 0.25) is 0 Å². The second-order valence-corrected chi connectivity index (χ2v) is 4.28. The van der Waals surface area contributed by atoms with Crippen LogP contribution in [0, 0.1) is 0 Å². The molecule has 1 saturated heterocycles. The van der Waals surface area contributed by atoms with E-state index in [0.717, 1.165) is 0 Å². The van der Waals surface area contributed by atoms with Crippen LogP contribution >= 0.6 is 0 Å². The number of aliphatic hydroxyl groups is 8. The summed E-state index contributed by atoms with van der Waals surface area (Å²) in [4.78, 5) is 0. The fourth-order valence-electron chi connectivity index (χ4n) is 1.74. The van der Waals surface area contributed by atoms with E-state index >= 15 is 0 Å². The van der Waals surface area contributed by atoms with Crippen LogP contribution in [0.4, 0.5) is 0 Å². The topological polar surface area (TPSA) is 171 Å². The molecule has 1 aliphatic heterocycles. The Labute approximate surface area is 102 Å². The fourth-order valence-corrected chi connectivity index (χ4v) is 1.74. The van der Waals surface area contributed by atoms with Crippen molar-refractivity contribution < 1.29 is 45.6 Å². The van der Waals surface area contributed by atoms with Crippen molar-refractivity contribution >= 4 is 0 Å². The molecule has 1 heterocycles. The molecule has 0 bridgehead atoms. The van der Waals surface area contributed by atoms with Gasteiger partial charge in [0.1, 0.15) is 30.5 Å². The predicted octanol–water partition coefficient (Wildman–Crippen LogP) is -5.14. The summed E-state index contributed by atoms with van der Waals surface area (Å²) in [6.07, 6.45) is -10.9. The minimum Gasteiger partial charge on any atom is -0.394 e. The minimum atomic E-state index is -2.39. The summed E-state index contributed by atoms with van der Waals surface area (Å²) in [6.45, 7) is -1.87. The molecule has 0 amide bonds. The molecule has 8 N–H and O–H groups in total. The number of hydrogen-bond donors (Lipinski definition) is 8. The third kappa shape index (κ3) is 2.50. The highest BCUT2D eigenvalue weighted by Gasteiger charge is 2.57. The zero-order valence-corrected chi connectivity index (χ0v) is 9.36. The van der Waals surface area contributed by atoms with Crippen LogP contribution in [0.2, 0.25) is 0 Å². The van der Waals surface area contributed by atoms with E-state index in [2.05, 4.69) is 4.74 Å². The van der Waals surface area contributed by atoms with Crippen LogP contribution in [0.25, 0.3) is 0 Å². The molecule has 7 atom stereocenters. The minimum absolute atomic E-state index is 0.839. The average molecular weight is 270 g/mol. The van der Waals surface area contributed by atoms with Gasteiger partial charge >= 0.3 is 0 Å². The molecule has 1 rings (SSSR count). The standard InChI is InChI=1S/C9H18O9/c10-1-3(12)4(13)5(14)6-7(15)9(17,2-11)8(16)18-6/h3-8,10-17H,1-2H2/t3-,4-,5-,6+,7-,8?,9-/m1/s1. The quantitative estimate of drug-likeness (QED) is 0.243. The van der Waals surface area contributed by atoms with Crippen LogP contribution in [0.5, 0.6) is 0 Å². The van der Waals surface area contributed by atoms with E-state index in [4.69, 9.17) is 15.3 Å². The Bertz CT molecular complexity index is 275. The Morgan fingerprint density at radius 2 is 1.67 bits per heavy atom. The molecule has 1 unspecified atom stereocenters. The van der Waals surface area contributed by atoms with Gasteiger partial charge < -0.3 is 45.6 Å². The van der Waals surface area contributed by atoms with Gasteiger partial charge in [-0.05, 0) is 0 Å².